The summed E-state index contributed by atoms with van der Waals surface area (Å²) in [4.78, 5) is 21.7. The fourth-order valence-electron chi connectivity index (χ4n) is 0.967. The molecule has 0 aliphatic rings. The molecule has 0 aromatic carbocycles. The van der Waals surface area contributed by atoms with Crippen molar-refractivity contribution in [3.63, 3.8) is 0 Å². The molecule has 0 amide bonds. The van der Waals surface area contributed by atoms with E-state index in [9.17, 15) is 9.59 Å². The molecule has 5 nitrogen and oxygen atoms in total. The monoisotopic (exact) mass is 218 g/mol. The van der Waals surface area contributed by atoms with Gasteiger partial charge in [0.15, 0.2) is 5.92 Å². The molecule has 5 heteroatoms. The lowest BCUT2D eigenvalue weighted by Gasteiger charge is -2.20. The fourth-order valence-corrected chi connectivity index (χ4v) is 0.967. The zero-order valence-corrected chi connectivity index (χ0v) is 9.57. The maximum atomic E-state index is 11.1. The van der Waals surface area contributed by atoms with Crippen LogP contribution in [0, 0.1) is 5.92 Å². The maximum absolute atomic E-state index is 11.1. The van der Waals surface area contributed by atoms with Crippen LogP contribution in [0.2, 0.25) is 0 Å². The van der Waals surface area contributed by atoms with Gasteiger partial charge in [0.05, 0.1) is 12.7 Å². The Hall–Kier alpha value is -1.10. The van der Waals surface area contributed by atoms with Gasteiger partial charge in [0.2, 0.25) is 0 Å². The first-order valence-electron chi connectivity index (χ1n) is 4.72. The molecule has 1 unspecified atom stereocenters. The van der Waals surface area contributed by atoms with Crippen LogP contribution in [0.1, 0.15) is 27.2 Å². The topological polar surface area (TPSA) is 72.8 Å². The number of carboxylic acid groups (broad SMARTS) is 1. The van der Waals surface area contributed by atoms with E-state index in [2.05, 4.69) is 4.74 Å². The number of methoxy groups -OCH3 is 1. The lowest BCUT2D eigenvalue weighted by molar-refractivity contribution is -0.158. The number of hydrogen-bond acceptors (Lipinski definition) is 4. The molecule has 0 aromatic rings. The average Bonchev–Trinajstić information content (AvgIpc) is 2.09. The number of aliphatic carboxylic acids is 1. The number of ether oxygens (including phenoxy) is 2. The maximum Gasteiger partial charge on any atom is 0.320 e. The van der Waals surface area contributed by atoms with E-state index in [0.717, 1.165) is 0 Å². The number of rotatable bonds is 5. The minimum Gasteiger partial charge on any atom is -0.481 e. The number of carboxylic acids is 1. The Labute approximate surface area is 89.4 Å². The highest BCUT2D eigenvalue weighted by molar-refractivity contribution is 5.93. The third kappa shape index (κ3) is 6.06. The van der Waals surface area contributed by atoms with Crippen molar-refractivity contribution < 1.29 is 24.2 Å². The molecular weight excluding hydrogens is 200 g/mol. The van der Waals surface area contributed by atoms with Crippen molar-refractivity contribution in [2.45, 2.75) is 32.8 Å². The fraction of sp³-hybridized carbons (Fsp3) is 0.800. The molecular formula is C10H18O5. The summed E-state index contributed by atoms with van der Waals surface area (Å²) in [5, 5.41) is 8.75. The summed E-state index contributed by atoms with van der Waals surface area (Å²) in [7, 11) is 1.17. The van der Waals surface area contributed by atoms with Gasteiger partial charge in [-0.25, -0.2) is 0 Å². The summed E-state index contributed by atoms with van der Waals surface area (Å²) >= 11 is 0. The third-order valence-corrected chi connectivity index (χ3v) is 1.73. The molecule has 0 spiro atoms. The molecule has 0 radical (unpaired) electrons. The van der Waals surface area contributed by atoms with E-state index in [1.807, 2.05) is 20.8 Å². The van der Waals surface area contributed by atoms with Crippen molar-refractivity contribution in [3.8, 4) is 0 Å². The summed E-state index contributed by atoms with van der Waals surface area (Å²) in [6.07, 6.45) is 0.124. The Balaban J connectivity index is 4.09. The lowest BCUT2D eigenvalue weighted by Crippen LogP contribution is -2.28. The molecule has 0 saturated heterocycles. The Morgan fingerprint density at radius 2 is 1.87 bits per heavy atom. The predicted octanol–water partition coefficient (Wildman–Crippen LogP) is 1.07. The van der Waals surface area contributed by atoms with Crippen molar-refractivity contribution >= 4 is 11.9 Å². The SMILES string of the molecule is COC(=O)C(CCOC(C)(C)C)C(=O)O. The smallest absolute Gasteiger partial charge is 0.320 e. The molecule has 0 aliphatic heterocycles. The first kappa shape index (κ1) is 13.9. The standard InChI is InChI=1S/C10H18O5/c1-10(2,3)15-6-5-7(8(11)12)9(13)14-4/h7H,5-6H2,1-4H3,(H,11,12). The second-order valence-corrected chi connectivity index (χ2v) is 4.16. The van der Waals surface area contributed by atoms with Gasteiger partial charge in [0.1, 0.15) is 0 Å². The van der Waals surface area contributed by atoms with Crippen molar-refractivity contribution in [1.29, 1.82) is 0 Å². The van der Waals surface area contributed by atoms with Gasteiger partial charge in [-0.1, -0.05) is 0 Å². The molecule has 1 atom stereocenters. The highest BCUT2D eigenvalue weighted by Gasteiger charge is 2.27. The molecule has 15 heavy (non-hydrogen) atoms. The van der Waals surface area contributed by atoms with Crippen LogP contribution >= 0.6 is 0 Å². The van der Waals surface area contributed by atoms with Gasteiger partial charge in [-0.15, -0.1) is 0 Å². The average molecular weight is 218 g/mol. The molecule has 0 rings (SSSR count). The molecule has 0 aliphatic carbocycles. The second kappa shape index (κ2) is 5.70. The summed E-state index contributed by atoms with van der Waals surface area (Å²) in [5.74, 6) is -3.06. The van der Waals surface area contributed by atoms with Crippen molar-refractivity contribution in [3.05, 3.63) is 0 Å². The van der Waals surface area contributed by atoms with Gasteiger partial charge in [-0.05, 0) is 27.2 Å². The van der Waals surface area contributed by atoms with Crippen molar-refractivity contribution in [2.24, 2.45) is 5.92 Å². The van der Waals surface area contributed by atoms with E-state index < -0.39 is 17.9 Å². The van der Waals surface area contributed by atoms with Gasteiger partial charge in [-0.3, -0.25) is 9.59 Å². The van der Waals surface area contributed by atoms with Gasteiger partial charge in [-0.2, -0.15) is 0 Å². The first-order chi connectivity index (χ1) is 6.78. The normalized spacial score (nSPS) is 13.3. The minimum absolute atomic E-state index is 0.124. The Kier molecular flexibility index (Phi) is 5.28. The van der Waals surface area contributed by atoms with Crippen LogP contribution in [0.25, 0.3) is 0 Å². The van der Waals surface area contributed by atoms with E-state index in [1.165, 1.54) is 7.11 Å². The summed E-state index contributed by atoms with van der Waals surface area (Å²) in [6.45, 7) is 5.80. The van der Waals surface area contributed by atoms with Crippen molar-refractivity contribution in [1.82, 2.24) is 0 Å². The molecule has 0 saturated carbocycles. The van der Waals surface area contributed by atoms with Crippen LogP contribution in [0.5, 0.6) is 0 Å². The van der Waals surface area contributed by atoms with E-state index in [-0.39, 0.29) is 18.6 Å². The molecule has 0 heterocycles. The quantitative estimate of drug-likeness (QED) is 0.552. The summed E-state index contributed by atoms with van der Waals surface area (Å²) in [6, 6.07) is 0. The van der Waals surface area contributed by atoms with E-state index in [1.54, 1.807) is 0 Å². The number of esters is 1. The van der Waals surface area contributed by atoms with E-state index in [0.29, 0.717) is 0 Å². The summed E-state index contributed by atoms with van der Waals surface area (Å²) < 4.78 is 9.71. The number of carbonyl (C=O) groups is 2. The Morgan fingerprint density at radius 1 is 1.33 bits per heavy atom. The van der Waals surface area contributed by atoms with Crippen LogP contribution in [0.15, 0.2) is 0 Å². The third-order valence-electron chi connectivity index (χ3n) is 1.73. The van der Waals surface area contributed by atoms with E-state index in [4.69, 9.17) is 9.84 Å². The highest BCUT2D eigenvalue weighted by Crippen LogP contribution is 2.11. The largest absolute Gasteiger partial charge is 0.481 e. The molecule has 0 aromatic heterocycles. The van der Waals surface area contributed by atoms with Crippen molar-refractivity contribution in [2.75, 3.05) is 13.7 Å². The minimum atomic E-state index is -1.18. The molecule has 88 valence electrons. The zero-order valence-electron chi connectivity index (χ0n) is 9.57. The molecule has 0 fully saturated rings. The zero-order chi connectivity index (χ0) is 12.1. The van der Waals surface area contributed by atoms with Crippen LogP contribution in [-0.4, -0.2) is 36.4 Å². The van der Waals surface area contributed by atoms with Crippen LogP contribution < -0.4 is 0 Å². The Bertz CT molecular complexity index is 228. The van der Waals surface area contributed by atoms with Crippen LogP contribution in [0.4, 0.5) is 0 Å². The Morgan fingerprint density at radius 3 is 2.20 bits per heavy atom. The number of carbonyl (C=O) groups excluding carboxylic acids is 1. The van der Waals surface area contributed by atoms with Gasteiger partial charge in [0, 0.05) is 6.61 Å². The summed E-state index contributed by atoms with van der Waals surface area (Å²) in [5.41, 5.74) is -0.334. The second-order valence-electron chi connectivity index (χ2n) is 4.16. The molecule has 1 N–H and O–H groups in total. The van der Waals surface area contributed by atoms with Crippen LogP contribution in [-0.2, 0) is 19.1 Å². The van der Waals surface area contributed by atoms with Gasteiger partial charge in [0.25, 0.3) is 0 Å². The van der Waals surface area contributed by atoms with Gasteiger partial charge < -0.3 is 14.6 Å². The first-order valence-corrected chi connectivity index (χ1v) is 4.72. The van der Waals surface area contributed by atoms with Crippen LogP contribution in [0.3, 0.4) is 0 Å². The highest BCUT2D eigenvalue weighted by atomic mass is 16.5. The number of hydrogen-bond donors (Lipinski definition) is 1. The van der Waals surface area contributed by atoms with E-state index >= 15 is 0 Å². The molecule has 0 bridgehead atoms. The lowest BCUT2D eigenvalue weighted by atomic mass is 10.1. The predicted molar refractivity (Wildman–Crippen MR) is 53.5 cm³/mol. The van der Waals surface area contributed by atoms with Gasteiger partial charge >= 0.3 is 11.9 Å².